The molecule has 3 aromatic rings. The van der Waals surface area contributed by atoms with Crippen molar-refractivity contribution in [2.45, 2.75) is 12.6 Å². The first-order valence-corrected chi connectivity index (χ1v) is 10.9. The van der Waals surface area contributed by atoms with Gasteiger partial charge in [-0.25, -0.2) is 18.7 Å². The fourth-order valence-corrected chi connectivity index (χ4v) is 3.52. The standard InChI is InChI=1S/C24H26F2N8O2/c1-14(11-30-33(2)3)16-12-29-15-6-7-20(32-24(15)31-16)34(13-19-27-8-9-28-19)23-21(25)17(35-4)10-18(36-5)22(23)26/h6-12,16H,1,13H2,2-5H3,(H,27,28)(H,31,32). The maximum absolute atomic E-state index is 15.5. The Kier molecular flexibility index (Phi) is 7.13. The number of fused-ring (bicyclic) bond motifs is 1. The number of halogens is 2. The largest absolute Gasteiger partial charge is 0.493 e. The molecule has 0 amide bonds. The lowest BCUT2D eigenvalue weighted by Crippen LogP contribution is -2.28. The van der Waals surface area contributed by atoms with Crippen LogP contribution in [0.15, 0.2) is 52.8 Å². The average Bonchev–Trinajstić information content (AvgIpc) is 3.39. The molecule has 2 N–H and O–H groups in total. The Morgan fingerprint density at radius 3 is 2.53 bits per heavy atom. The molecule has 2 aromatic heterocycles. The van der Waals surface area contributed by atoms with Crippen molar-refractivity contribution in [2.75, 3.05) is 38.5 Å². The van der Waals surface area contributed by atoms with Crippen molar-refractivity contribution < 1.29 is 18.3 Å². The third-order valence-electron chi connectivity index (χ3n) is 5.33. The van der Waals surface area contributed by atoms with Crippen LogP contribution in [0.2, 0.25) is 0 Å². The molecule has 0 saturated heterocycles. The molecule has 0 fully saturated rings. The number of imidazole rings is 1. The number of benzene rings is 1. The van der Waals surface area contributed by atoms with Crippen LogP contribution >= 0.6 is 0 Å². The lowest BCUT2D eigenvalue weighted by molar-refractivity contribution is 0.358. The highest BCUT2D eigenvalue weighted by atomic mass is 19.1. The van der Waals surface area contributed by atoms with Gasteiger partial charge in [0.2, 0.25) is 0 Å². The Labute approximate surface area is 207 Å². The van der Waals surface area contributed by atoms with Gasteiger partial charge in [0.25, 0.3) is 0 Å². The summed E-state index contributed by atoms with van der Waals surface area (Å²) < 4.78 is 41.2. The number of methoxy groups -OCH3 is 2. The van der Waals surface area contributed by atoms with Crippen LogP contribution in [0, 0.1) is 11.6 Å². The number of nitrogens with zero attached hydrogens (tertiary/aromatic N) is 6. The minimum Gasteiger partial charge on any atom is -0.493 e. The average molecular weight is 497 g/mol. The highest BCUT2D eigenvalue weighted by molar-refractivity contribution is 5.93. The monoisotopic (exact) mass is 496 g/mol. The molecule has 1 atom stereocenters. The van der Waals surface area contributed by atoms with E-state index in [9.17, 15) is 0 Å². The van der Waals surface area contributed by atoms with Crippen molar-refractivity contribution in [1.29, 1.82) is 0 Å². The van der Waals surface area contributed by atoms with E-state index in [0.717, 1.165) is 6.07 Å². The Balaban J connectivity index is 1.78. The maximum Gasteiger partial charge on any atom is 0.191 e. The predicted molar refractivity (Wildman–Crippen MR) is 135 cm³/mol. The molecule has 4 rings (SSSR count). The fourth-order valence-electron chi connectivity index (χ4n) is 3.52. The highest BCUT2D eigenvalue weighted by Gasteiger charge is 2.28. The van der Waals surface area contributed by atoms with Crippen molar-refractivity contribution in [3.63, 3.8) is 0 Å². The molecule has 10 nitrogen and oxygen atoms in total. The third-order valence-corrected chi connectivity index (χ3v) is 5.33. The SMILES string of the molecule is C=C(C=NN(C)C)C1C=Nc2ccc(N(Cc3ncc[nH]3)c3c(F)c(OC)cc(OC)c3F)nc2N1. The topological polar surface area (TPSA) is 103 Å². The molecule has 0 radical (unpaired) electrons. The van der Waals surface area contributed by atoms with Gasteiger partial charge in [-0.2, -0.15) is 5.10 Å². The van der Waals surface area contributed by atoms with Crippen LogP contribution in [0.1, 0.15) is 5.82 Å². The zero-order valence-electron chi connectivity index (χ0n) is 20.3. The van der Waals surface area contributed by atoms with Gasteiger partial charge in [-0.3, -0.25) is 4.99 Å². The Morgan fingerprint density at radius 2 is 1.92 bits per heavy atom. The second kappa shape index (κ2) is 10.4. The molecule has 0 spiro atoms. The van der Waals surface area contributed by atoms with Crippen molar-refractivity contribution in [2.24, 2.45) is 10.1 Å². The normalized spacial score (nSPS) is 14.3. The maximum atomic E-state index is 15.5. The summed E-state index contributed by atoms with van der Waals surface area (Å²) in [6.07, 6.45) is 6.48. The first-order valence-electron chi connectivity index (χ1n) is 10.9. The molecule has 3 heterocycles. The quantitative estimate of drug-likeness (QED) is 0.340. The van der Waals surface area contributed by atoms with E-state index in [1.807, 2.05) is 0 Å². The molecule has 36 heavy (non-hydrogen) atoms. The van der Waals surface area contributed by atoms with Gasteiger partial charge in [0.1, 0.15) is 23.0 Å². The number of H-pyrrole nitrogens is 1. The van der Waals surface area contributed by atoms with Crippen LogP contribution in [0.5, 0.6) is 11.5 Å². The molecule has 0 saturated carbocycles. The highest BCUT2D eigenvalue weighted by Crippen LogP contribution is 2.41. The Morgan fingerprint density at radius 1 is 1.19 bits per heavy atom. The molecule has 0 bridgehead atoms. The van der Waals surface area contributed by atoms with E-state index >= 15 is 8.78 Å². The number of anilines is 3. The predicted octanol–water partition coefficient (Wildman–Crippen LogP) is 4.04. The van der Waals surface area contributed by atoms with Crippen LogP contribution < -0.4 is 19.7 Å². The van der Waals surface area contributed by atoms with E-state index in [4.69, 9.17) is 9.47 Å². The number of hydrogen-bond acceptors (Lipinski definition) is 9. The van der Waals surface area contributed by atoms with Gasteiger partial charge in [-0.1, -0.05) is 6.58 Å². The molecule has 1 aromatic carbocycles. The first-order chi connectivity index (χ1) is 17.3. The van der Waals surface area contributed by atoms with Gasteiger partial charge < -0.3 is 29.7 Å². The second-order valence-electron chi connectivity index (χ2n) is 7.98. The molecule has 1 aliphatic heterocycles. The molecular formula is C24H26F2N8O2. The number of ether oxygens (including phenoxy) is 2. The molecule has 12 heteroatoms. The molecular weight excluding hydrogens is 470 g/mol. The zero-order chi connectivity index (χ0) is 25.8. The van der Waals surface area contributed by atoms with Crippen LogP contribution in [-0.2, 0) is 6.54 Å². The summed E-state index contributed by atoms with van der Waals surface area (Å²) >= 11 is 0. The summed E-state index contributed by atoms with van der Waals surface area (Å²) in [7, 11) is 6.19. The third kappa shape index (κ3) is 4.97. The first kappa shape index (κ1) is 24.6. The van der Waals surface area contributed by atoms with Gasteiger partial charge >= 0.3 is 0 Å². The summed E-state index contributed by atoms with van der Waals surface area (Å²) in [4.78, 5) is 17.6. The van der Waals surface area contributed by atoms with E-state index in [2.05, 4.69) is 36.9 Å². The summed E-state index contributed by atoms with van der Waals surface area (Å²) in [6, 6.07) is 4.11. The van der Waals surface area contributed by atoms with Gasteiger partial charge in [0.15, 0.2) is 29.0 Å². The number of pyridine rings is 1. The second-order valence-corrected chi connectivity index (χ2v) is 7.98. The van der Waals surface area contributed by atoms with E-state index in [-0.39, 0.29) is 29.9 Å². The number of rotatable bonds is 9. The van der Waals surface area contributed by atoms with E-state index in [1.165, 1.54) is 19.1 Å². The molecule has 188 valence electrons. The van der Waals surface area contributed by atoms with Gasteiger partial charge in [-0.15, -0.1) is 0 Å². The number of aromatic nitrogens is 3. The van der Waals surface area contributed by atoms with Crippen LogP contribution in [0.3, 0.4) is 0 Å². The zero-order valence-corrected chi connectivity index (χ0v) is 20.3. The number of aromatic amines is 1. The van der Waals surface area contributed by atoms with Crippen LogP contribution in [0.25, 0.3) is 0 Å². The van der Waals surface area contributed by atoms with Crippen molar-refractivity contribution in [3.8, 4) is 11.5 Å². The summed E-state index contributed by atoms with van der Waals surface area (Å²) in [5, 5.41) is 9.09. The van der Waals surface area contributed by atoms with Gasteiger partial charge in [0, 0.05) is 38.8 Å². The van der Waals surface area contributed by atoms with Gasteiger partial charge in [-0.05, 0) is 17.7 Å². The summed E-state index contributed by atoms with van der Waals surface area (Å²) in [6.45, 7) is 4.02. The van der Waals surface area contributed by atoms with Crippen molar-refractivity contribution in [1.82, 2.24) is 20.0 Å². The van der Waals surface area contributed by atoms with Crippen LogP contribution in [0.4, 0.5) is 31.8 Å². The number of aliphatic imine (C=N–C) groups is 1. The smallest absolute Gasteiger partial charge is 0.191 e. The Bertz CT molecular complexity index is 1280. The lowest BCUT2D eigenvalue weighted by Gasteiger charge is -2.27. The lowest BCUT2D eigenvalue weighted by atomic mass is 10.1. The molecule has 1 aliphatic rings. The van der Waals surface area contributed by atoms with Crippen LogP contribution in [-0.4, -0.2) is 66.7 Å². The summed E-state index contributed by atoms with van der Waals surface area (Å²) in [5.41, 5.74) is 0.829. The van der Waals surface area contributed by atoms with Crippen molar-refractivity contribution in [3.05, 3.63) is 60.2 Å². The van der Waals surface area contributed by atoms with E-state index in [1.54, 1.807) is 56.1 Å². The fraction of sp³-hybridized carbons (Fsp3) is 0.250. The minimum atomic E-state index is -0.904. The van der Waals surface area contributed by atoms with E-state index in [0.29, 0.717) is 22.9 Å². The van der Waals surface area contributed by atoms with E-state index < -0.39 is 17.3 Å². The Hall–Kier alpha value is -4.48. The van der Waals surface area contributed by atoms with Crippen molar-refractivity contribution >= 4 is 35.4 Å². The molecule has 1 unspecified atom stereocenters. The number of nitrogens with one attached hydrogen (secondary N) is 2. The minimum absolute atomic E-state index is 0.0160. The summed E-state index contributed by atoms with van der Waals surface area (Å²) in [5.74, 6) is -1.03. The molecule has 0 aliphatic carbocycles. The number of hydrogen-bond donors (Lipinski definition) is 2. The van der Waals surface area contributed by atoms with Gasteiger partial charge in [0.05, 0.1) is 33.0 Å². The number of hydrazone groups is 1.